The number of benzene rings is 2. The maximum absolute atomic E-state index is 9.10. The summed E-state index contributed by atoms with van der Waals surface area (Å²) in [4.78, 5) is 0. The molecule has 0 radical (unpaired) electrons. The minimum Gasteiger partial charge on any atom is -0.343 e. The summed E-state index contributed by atoms with van der Waals surface area (Å²) in [6.45, 7) is 0.847. The van der Waals surface area contributed by atoms with E-state index in [1.807, 2.05) is 24.3 Å². The van der Waals surface area contributed by atoms with Crippen LogP contribution in [0.4, 0.5) is 0 Å². The number of hydrogen-bond donors (Lipinski definition) is 0. The van der Waals surface area contributed by atoms with Gasteiger partial charge in [0.1, 0.15) is 0 Å². The third-order valence-corrected chi connectivity index (χ3v) is 4.07. The largest absolute Gasteiger partial charge is 0.343 e. The number of nitriles is 1. The van der Waals surface area contributed by atoms with Crippen LogP contribution in [0.2, 0.25) is 0 Å². The van der Waals surface area contributed by atoms with Crippen molar-refractivity contribution in [2.45, 2.75) is 6.54 Å². The lowest BCUT2D eigenvalue weighted by molar-refractivity contribution is 0.802. The molecule has 0 unspecified atom stereocenters. The van der Waals surface area contributed by atoms with Crippen LogP contribution in [0.15, 0.2) is 72.9 Å². The molecule has 0 N–H and O–H groups in total. The van der Waals surface area contributed by atoms with Crippen LogP contribution in [0.3, 0.4) is 0 Å². The molecule has 22 heavy (non-hydrogen) atoms. The van der Waals surface area contributed by atoms with Gasteiger partial charge >= 0.3 is 0 Å². The lowest BCUT2D eigenvalue weighted by Gasteiger charge is -2.12. The van der Waals surface area contributed by atoms with Crippen molar-refractivity contribution in [3.05, 3.63) is 84.1 Å². The molecule has 2 aromatic rings. The number of fused-ring (bicyclic) bond motifs is 3. The molecule has 2 aliphatic rings. The van der Waals surface area contributed by atoms with E-state index < -0.39 is 0 Å². The first-order valence-electron chi connectivity index (χ1n) is 7.31. The number of aromatic nitrogens is 1. The molecule has 1 aliphatic carbocycles. The molecule has 0 saturated carbocycles. The second-order valence-corrected chi connectivity index (χ2v) is 5.48. The predicted molar refractivity (Wildman–Crippen MR) is 88.8 cm³/mol. The standard InChI is InChI=1S/C20H14N2/c21-13-16-8-9-17-12-20-18(19(17)11-16)7-4-10-22(20)14-15-5-2-1-3-6-15/h1-12H,14H2. The van der Waals surface area contributed by atoms with Gasteiger partial charge in [-0.15, -0.1) is 0 Å². The number of rotatable bonds is 2. The SMILES string of the molecule is N#Cc1ccc2cc3n(Cc4ccccc4)cccc-3c2c1. The molecule has 0 fully saturated rings. The molecule has 0 saturated heterocycles. The molecule has 0 aromatic heterocycles. The highest BCUT2D eigenvalue weighted by atomic mass is 15.0. The Hall–Kier alpha value is -3.05. The average Bonchev–Trinajstić information content (AvgIpc) is 2.95. The van der Waals surface area contributed by atoms with Crippen LogP contribution >= 0.6 is 0 Å². The first kappa shape index (κ1) is 12.7. The third kappa shape index (κ3) is 2.04. The van der Waals surface area contributed by atoms with Gasteiger partial charge in [-0.25, -0.2) is 0 Å². The molecule has 1 heterocycles. The zero-order valence-electron chi connectivity index (χ0n) is 12.0. The Morgan fingerprint density at radius 2 is 1.77 bits per heavy atom. The Labute approximate surface area is 129 Å². The Morgan fingerprint density at radius 3 is 2.59 bits per heavy atom. The van der Waals surface area contributed by atoms with Crippen molar-refractivity contribution < 1.29 is 0 Å². The Morgan fingerprint density at radius 1 is 0.909 bits per heavy atom. The highest BCUT2D eigenvalue weighted by Gasteiger charge is 2.13. The number of hydrogen-bond acceptors (Lipinski definition) is 1. The van der Waals surface area contributed by atoms with Crippen LogP contribution < -0.4 is 0 Å². The van der Waals surface area contributed by atoms with Gasteiger partial charge in [-0.05, 0) is 40.6 Å². The van der Waals surface area contributed by atoms with E-state index in [1.54, 1.807) is 0 Å². The molecule has 4 rings (SSSR count). The van der Waals surface area contributed by atoms with Crippen molar-refractivity contribution in [1.82, 2.24) is 4.57 Å². The van der Waals surface area contributed by atoms with Crippen molar-refractivity contribution in [2.24, 2.45) is 0 Å². The summed E-state index contributed by atoms with van der Waals surface area (Å²) in [5.41, 5.74) is 4.39. The molecular weight excluding hydrogens is 268 g/mol. The van der Waals surface area contributed by atoms with Crippen LogP contribution in [0.1, 0.15) is 11.1 Å². The molecule has 0 atom stereocenters. The van der Waals surface area contributed by atoms with E-state index in [4.69, 9.17) is 5.26 Å². The Bertz CT molecular complexity index is 958. The molecule has 2 aromatic carbocycles. The first-order valence-corrected chi connectivity index (χ1v) is 7.31. The van der Waals surface area contributed by atoms with Gasteiger partial charge in [0.15, 0.2) is 0 Å². The summed E-state index contributed by atoms with van der Waals surface area (Å²) in [5, 5.41) is 11.4. The van der Waals surface area contributed by atoms with Crippen molar-refractivity contribution in [3.8, 4) is 17.3 Å². The molecule has 0 spiro atoms. The fraction of sp³-hybridized carbons (Fsp3) is 0.0500. The van der Waals surface area contributed by atoms with Gasteiger partial charge in [0, 0.05) is 24.0 Å². The van der Waals surface area contributed by atoms with Gasteiger partial charge < -0.3 is 4.57 Å². The van der Waals surface area contributed by atoms with Crippen LogP contribution in [-0.2, 0) is 6.54 Å². The smallest absolute Gasteiger partial charge is 0.0991 e. The maximum Gasteiger partial charge on any atom is 0.0991 e. The molecule has 104 valence electrons. The highest BCUT2D eigenvalue weighted by molar-refractivity contribution is 6.01. The summed E-state index contributed by atoms with van der Waals surface area (Å²) in [5.74, 6) is 0. The molecule has 2 heteroatoms. The fourth-order valence-corrected chi connectivity index (χ4v) is 3.00. The van der Waals surface area contributed by atoms with Crippen LogP contribution in [-0.4, -0.2) is 4.57 Å². The van der Waals surface area contributed by atoms with Gasteiger partial charge in [0.25, 0.3) is 0 Å². The van der Waals surface area contributed by atoms with Gasteiger partial charge in [-0.2, -0.15) is 5.26 Å². The third-order valence-electron chi connectivity index (χ3n) is 4.07. The van der Waals surface area contributed by atoms with Gasteiger partial charge in [-0.3, -0.25) is 0 Å². The van der Waals surface area contributed by atoms with Crippen molar-refractivity contribution in [1.29, 1.82) is 5.26 Å². The summed E-state index contributed by atoms with van der Waals surface area (Å²) in [6, 6.07) is 25.0. The summed E-state index contributed by atoms with van der Waals surface area (Å²) < 4.78 is 2.26. The molecule has 2 nitrogen and oxygen atoms in total. The molecular formula is C20H14N2. The predicted octanol–water partition coefficient (Wildman–Crippen LogP) is 4.67. The first-order chi connectivity index (χ1) is 10.8. The number of pyridine rings is 1. The summed E-state index contributed by atoms with van der Waals surface area (Å²) in [7, 11) is 0. The van der Waals surface area contributed by atoms with Crippen molar-refractivity contribution in [3.63, 3.8) is 0 Å². The highest BCUT2D eigenvalue weighted by Crippen LogP contribution is 2.34. The maximum atomic E-state index is 9.10. The summed E-state index contributed by atoms with van der Waals surface area (Å²) >= 11 is 0. The second-order valence-electron chi connectivity index (χ2n) is 5.48. The second kappa shape index (κ2) is 5.05. The van der Waals surface area contributed by atoms with Crippen LogP contribution in [0.5, 0.6) is 0 Å². The van der Waals surface area contributed by atoms with E-state index in [0.717, 1.165) is 11.9 Å². The van der Waals surface area contributed by atoms with Gasteiger partial charge in [0.2, 0.25) is 0 Å². The molecule has 1 aliphatic heterocycles. The normalized spacial score (nSPS) is 10.9. The van der Waals surface area contributed by atoms with E-state index in [9.17, 15) is 0 Å². The van der Waals surface area contributed by atoms with Crippen molar-refractivity contribution in [2.75, 3.05) is 0 Å². The van der Waals surface area contributed by atoms with Crippen LogP contribution in [0, 0.1) is 11.3 Å². The lowest BCUT2D eigenvalue weighted by atomic mass is 10.1. The summed E-state index contributed by atoms with van der Waals surface area (Å²) in [6.07, 6.45) is 2.11. The quantitative estimate of drug-likeness (QED) is 0.525. The Kier molecular flexibility index (Phi) is 2.91. The lowest BCUT2D eigenvalue weighted by Crippen LogP contribution is -2.02. The molecule has 0 amide bonds. The van der Waals surface area contributed by atoms with E-state index >= 15 is 0 Å². The molecule has 0 bridgehead atoms. The zero-order valence-corrected chi connectivity index (χ0v) is 12.0. The van der Waals surface area contributed by atoms with Gasteiger partial charge in [-0.1, -0.05) is 42.5 Å². The number of nitrogens with zero attached hydrogens (tertiary/aromatic N) is 2. The minimum atomic E-state index is 0.707. The average molecular weight is 282 g/mol. The van der Waals surface area contributed by atoms with Crippen molar-refractivity contribution >= 4 is 10.8 Å². The van der Waals surface area contributed by atoms with E-state index in [0.29, 0.717) is 5.56 Å². The van der Waals surface area contributed by atoms with E-state index in [1.165, 1.54) is 22.2 Å². The van der Waals surface area contributed by atoms with Crippen LogP contribution in [0.25, 0.3) is 22.0 Å². The fourth-order valence-electron chi connectivity index (χ4n) is 3.00. The van der Waals surface area contributed by atoms with E-state index in [-0.39, 0.29) is 0 Å². The monoisotopic (exact) mass is 282 g/mol. The Balaban J connectivity index is 1.86. The zero-order chi connectivity index (χ0) is 14.9. The minimum absolute atomic E-state index is 0.707. The van der Waals surface area contributed by atoms with E-state index in [2.05, 4.69) is 59.3 Å². The van der Waals surface area contributed by atoms with Gasteiger partial charge in [0.05, 0.1) is 11.6 Å². The topological polar surface area (TPSA) is 28.7 Å².